The molecule has 9 N–H and O–H groups in total. The number of aromatic nitrogens is 2. The van der Waals surface area contributed by atoms with Crippen LogP contribution in [-0.4, -0.2) is 87.6 Å². The second-order valence-corrected chi connectivity index (χ2v) is 10.9. The Morgan fingerprint density at radius 2 is 1.76 bits per heavy atom. The number of rotatable bonds is 8. The van der Waals surface area contributed by atoms with E-state index in [0.29, 0.717) is 0 Å². The van der Waals surface area contributed by atoms with Crippen LogP contribution in [0.3, 0.4) is 0 Å². The molecule has 188 valence electrons. The van der Waals surface area contributed by atoms with Crippen molar-refractivity contribution in [2.45, 2.75) is 55.4 Å². The number of phosphoric acid groups is 1. The molecule has 0 amide bonds. The summed E-state index contributed by atoms with van der Waals surface area (Å²) >= 11 is 0. The van der Waals surface area contributed by atoms with Crippen LogP contribution in [0.5, 0.6) is 0 Å². The smallest absolute Gasteiger partial charge is 0.390 e. The number of phosphoric ester groups is 1. The molecule has 0 aromatic carbocycles. The van der Waals surface area contributed by atoms with Crippen molar-refractivity contribution in [1.29, 1.82) is 0 Å². The van der Waals surface area contributed by atoms with E-state index in [9.17, 15) is 49.0 Å². The van der Waals surface area contributed by atoms with Crippen molar-refractivity contribution in [3.8, 4) is 0 Å². The number of nitrogen functional groups attached to an aromatic ring is 1. The van der Waals surface area contributed by atoms with Gasteiger partial charge in [0, 0.05) is 12.1 Å². The number of anilines is 1. The minimum atomic E-state index is -5.17. The maximum absolute atomic E-state index is 12.3. The number of nitrogens with two attached hydrogens (primary N) is 1. The standard InChI is InChI=1S/C15H25N3O13P2/c16-10-1-2-18(15(23)17-10)13-12(22)11(21)9(30-13)5-29-33(27,28)31-14(32(24,25)26)6-3-7(19)8(20)4-6/h1-2,6-9,11-14,19-22H,3-5H2,(H,27,28)(H2,16,17,23)(H2,24,25,26)/t6?,7-,8+,9-,11-,12-,13-,14?/m1/s1. The maximum Gasteiger partial charge on any atom is 0.473 e. The summed E-state index contributed by atoms with van der Waals surface area (Å²) in [7, 11) is -10.3. The summed E-state index contributed by atoms with van der Waals surface area (Å²) in [6.07, 6.45) is -8.23. The Kier molecular flexibility index (Phi) is 7.80. The fourth-order valence-electron chi connectivity index (χ4n) is 3.74. The summed E-state index contributed by atoms with van der Waals surface area (Å²) in [5.41, 5.74) is 4.49. The Hall–Kier alpha value is -1.26. The molecule has 3 unspecified atom stereocenters. The molecule has 1 saturated carbocycles. The van der Waals surface area contributed by atoms with Gasteiger partial charge >= 0.3 is 21.1 Å². The Morgan fingerprint density at radius 1 is 1.15 bits per heavy atom. The number of nitrogens with zero attached hydrogens (tertiary/aromatic N) is 2. The molecule has 1 aromatic rings. The zero-order valence-corrected chi connectivity index (χ0v) is 18.6. The minimum absolute atomic E-state index is 0.0931. The lowest BCUT2D eigenvalue weighted by Crippen LogP contribution is -2.36. The monoisotopic (exact) mass is 517 g/mol. The van der Waals surface area contributed by atoms with Crippen LogP contribution in [0.2, 0.25) is 0 Å². The predicted octanol–water partition coefficient (Wildman–Crippen LogP) is -2.79. The first-order chi connectivity index (χ1) is 15.2. The second kappa shape index (κ2) is 9.77. The SMILES string of the molecule is Nc1ccn([C@@H]2O[C@H](COP(=O)(O)OC(C3C[C@@H](O)[C@@H](O)C3)P(=O)(O)O)[C@@H](O)[C@H]2O)c(=O)n1. The zero-order valence-electron chi connectivity index (χ0n) is 16.8. The van der Waals surface area contributed by atoms with Crippen LogP contribution >= 0.6 is 15.4 Å². The van der Waals surface area contributed by atoms with Crippen LogP contribution in [0, 0.1) is 5.92 Å². The summed E-state index contributed by atoms with van der Waals surface area (Å²) in [6.45, 7) is -0.872. The third-order valence-electron chi connectivity index (χ3n) is 5.37. The van der Waals surface area contributed by atoms with Crippen LogP contribution in [0.25, 0.3) is 0 Å². The van der Waals surface area contributed by atoms with Gasteiger partial charge in [-0.3, -0.25) is 18.2 Å². The largest absolute Gasteiger partial charge is 0.473 e. The van der Waals surface area contributed by atoms with E-state index in [0.717, 1.165) is 10.8 Å². The van der Waals surface area contributed by atoms with Gasteiger partial charge < -0.3 is 45.6 Å². The van der Waals surface area contributed by atoms with Crippen LogP contribution in [0.15, 0.2) is 17.1 Å². The lowest BCUT2D eigenvalue weighted by molar-refractivity contribution is -0.0561. The first kappa shape index (κ1) is 26.3. The Balaban J connectivity index is 1.67. The number of aliphatic hydroxyl groups is 4. The van der Waals surface area contributed by atoms with E-state index in [4.69, 9.17) is 15.0 Å². The van der Waals surface area contributed by atoms with E-state index in [1.165, 1.54) is 6.07 Å². The molecule has 2 aliphatic rings. The van der Waals surface area contributed by atoms with Gasteiger partial charge in [0.15, 0.2) is 12.1 Å². The quantitative estimate of drug-likeness (QED) is 0.162. The van der Waals surface area contributed by atoms with Crippen molar-refractivity contribution in [2.75, 3.05) is 12.3 Å². The second-order valence-electron chi connectivity index (χ2n) is 7.80. The van der Waals surface area contributed by atoms with Crippen molar-refractivity contribution in [3.05, 3.63) is 22.7 Å². The summed E-state index contributed by atoms with van der Waals surface area (Å²) in [5.74, 6) is -3.40. The maximum atomic E-state index is 12.3. The Labute approximate surface area is 185 Å². The highest BCUT2D eigenvalue weighted by atomic mass is 31.2. The van der Waals surface area contributed by atoms with Crippen LogP contribution < -0.4 is 11.4 Å². The third-order valence-corrected chi connectivity index (χ3v) is 7.70. The van der Waals surface area contributed by atoms with E-state index in [1.54, 1.807) is 0 Å². The highest BCUT2D eigenvalue weighted by molar-refractivity contribution is 7.54. The number of aliphatic hydroxyl groups excluding tert-OH is 4. The lowest BCUT2D eigenvalue weighted by atomic mass is 10.1. The number of ether oxygens (including phenoxy) is 1. The highest BCUT2D eigenvalue weighted by Crippen LogP contribution is 2.58. The van der Waals surface area contributed by atoms with Gasteiger partial charge in [-0.05, 0) is 18.9 Å². The molecule has 3 rings (SSSR count). The Bertz CT molecular complexity index is 991. The van der Waals surface area contributed by atoms with Crippen LogP contribution in [0.1, 0.15) is 19.1 Å². The summed E-state index contributed by atoms with van der Waals surface area (Å²) < 4.78 is 39.7. The van der Waals surface area contributed by atoms with E-state index in [2.05, 4.69) is 9.51 Å². The topological polar surface area (TPSA) is 264 Å². The molecular formula is C15H25N3O13P2. The molecule has 1 aliphatic carbocycles. The first-order valence-corrected chi connectivity index (χ1v) is 12.8. The van der Waals surface area contributed by atoms with E-state index in [1.807, 2.05) is 0 Å². The van der Waals surface area contributed by atoms with E-state index >= 15 is 0 Å². The third kappa shape index (κ3) is 6.06. The molecule has 1 aliphatic heterocycles. The molecule has 0 radical (unpaired) electrons. The summed E-state index contributed by atoms with van der Waals surface area (Å²) in [4.78, 5) is 44.4. The zero-order chi connectivity index (χ0) is 24.7. The summed E-state index contributed by atoms with van der Waals surface area (Å²) in [6, 6.07) is 1.24. The summed E-state index contributed by atoms with van der Waals surface area (Å²) in [5, 5.41) is 39.6. The number of hydrogen-bond acceptors (Lipinski definition) is 12. The van der Waals surface area contributed by atoms with E-state index in [-0.39, 0.29) is 18.7 Å². The molecule has 2 fully saturated rings. The molecule has 1 saturated heterocycles. The van der Waals surface area contributed by atoms with Gasteiger partial charge in [-0.25, -0.2) is 9.36 Å². The van der Waals surface area contributed by atoms with Gasteiger partial charge in [0.25, 0.3) is 0 Å². The minimum Gasteiger partial charge on any atom is -0.390 e. The predicted molar refractivity (Wildman–Crippen MR) is 106 cm³/mol. The van der Waals surface area contributed by atoms with Gasteiger partial charge in [0.05, 0.1) is 18.8 Å². The number of hydrogen-bond donors (Lipinski definition) is 8. The fourth-order valence-corrected chi connectivity index (χ4v) is 6.22. The van der Waals surface area contributed by atoms with Crippen molar-refractivity contribution < 1.29 is 58.0 Å². The molecule has 18 heteroatoms. The molecular weight excluding hydrogens is 492 g/mol. The van der Waals surface area contributed by atoms with Crippen molar-refractivity contribution in [1.82, 2.24) is 9.55 Å². The molecule has 33 heavy (non-hydrogen) atoms. The fraction of sp³-hybridized carbons (Fsp3) is 0.733. The van der Waals surface area contributed by atoms with Crippen LogP contribution in [-0.2, 0) is 22.9 Å². The first-order valence-electron chi connectivity index (χ1n) is 9.63. The lowest BCUT2D eigenvalue weighted by Gasteiger charge is -2.26. The molecule has 0 spiro atoms. The molecule has 16 nitrogen and oxygen atoms in total. The molecule has 1 aromatic heterocycles. The van der Waals surface area contributed by atoms with Crippen molar-refractivity contribution in [2.24, 2.45) is 5.92 Å². The highest BCUT2D eigenvalue weighted by Gasteiger charge is 2.49. The van der Waals surface area contributed by atoms with Gasteiger partial charge in [-0.15, -0.1) is 0 Å². The Morgan fingerprint density at radius 3 is 2.30 bits per heavy atom. The van der Waals surface area contributed by atoms with E-state index < -0.39 is 76.2 Å². The van der Waals surface area contributed by atoms with Gasteiger partial charge in [-0.2, -0.15) is 4.98 Å². The van der Waals surface area contributed by atoms with Crippen LogP contribution in [0.4, 0.5) is 5.82 Å². The molecule has 0 bridgehead atoms. The van der Waals surface area contributed by atoms with Gasteiger partial charge in [0.2, 0.25) is 0 Å². The average molecular weight is 517 g/mol. The van der Waals surface area contributed by atoms with Gasteiger partial charge in [-0.1, -0.05) is 0 Å². The molecule has 9 atom stereocenters. The van der Waals surface area contributed by atoms with Crippen molar-refractivity contribution >= 4 is 21.2 Å². The van der Waals surface area contributed by atoms with Crippen molar-refractivity contribution in [3.63, 3.8) is 0 Å². The molecule has 2 heterocycles. The van der Waals surface area contributed by atoms with Gasteiger partial charge in [0.1, 0.15) is 24.1 Å². The normalized spacial score (nSPS) is 35.4. The average Bonchev–Trinajstić information content (AvgIpc) is 3.17.